The Morgan fingerprint density at radius 1 is 1.15 bits per heavy atom. The van der Waals surface area contributed by atoms with E-state index in [1.54, 1.807) is 0 Å². The van der Waals surface area contributed by atoms with E-state index in [1.807, 2.05) is 4.90 Å². The molecule has 0 bridgehead atoms. The average Bonchev–Trinajstić information content (AvgIpc) is 2.97. The molecule has 108 valence electrons. The van der Waals surface area contributed by atoms with Crippen molar-refractivity contribution in [2.45, 2.75) is 4.90 Å². The fourth-order valence-electron chi connectivity index (χ4n) is 2.99. The summed E-state index contributed by atoms with van der Waals surface area (Å²) in [7, 11) is -3.71. The van der Waals surface area contributed by atoms with Gasteiger partial charge in [0.2, 0.25) is 10.0 Å². The van der Waals surface area contributed by atoms with E-state index in [1.165, 1.54) is 24.3 Å². The van der Waals surface area contributed by atoms with E-state index in [9.17, 15) is 13.2 Å². The van der Waals surface area contributed by atoms with Gasteiger partial charge in [0.05, 0.1) is 4.90 Å². The summed E-state index contributed by atoms with van der Waals surface area (Å²) in [6.07, 6.45) is 0. The summed E-state index contributed by atoms with van der Waals surface area (Å²) in [5, 5.41) is 8.37. The SMILES string of the molecule is NS(=O)(=O)c1ccc(C(=O)N2C[C@H]3CNC[C@H]3C2)cc1. The molecule has 0 aromatic heterocycles. The van der Waals surface area contributed by atoms with Crippen LogP contribution < -0.4 is 10.5 Å². The Morgan fingerprint density at radius 2 is 1.70 bits per heavy atom. The first-order valence-corrected chi connectivity index (χ1v) is 8.12. The Kier molecular flexibility index (Phi) is 3.27. The van der Waals surface area contributed by atoms with Gasteiger partial charge < -0.3 is 10.2 Å². The molecule has 2 aliphatic heterocycles. The summed E-state index contributed by atoms with van der Waals surface area (Å²) in [4.78, 5) is 14.2. The molecule has 2 fully saturated rings. The number of nitrogens with two attached hydrogens (primary N) is 1. The predicted molar refractivity (Wildman–Crippen MR) is 73.6 cm³/mol. The van der Waals surface area contributed by atoms with Crippen molar-refractivity contribution in [1.29, 1.82) is 0 Å². The topological polar surface area (TPSA) is 92.5 Å². The molecule has 1 aromatic carbocycles. The van der Waals surface area contributed by atoms with E-state index in [0.717, 1.165) is 26.2 Å². The van der Waals surface area contributed by atoms with Crippen molar-refractivity contribution in [3.05, 3.63) is 29.8 Å². The van der Waals surface area contributed by atoms with Crippen LogP contribution in [-0.2, 0) is 10.0 Å². The molecule has 3 N–H and O–H groups in total. The van der Waals surface area contributed by atoms with Crippen LogP contribution in [0.2, 0.25) is 0 Å². The standard InChI is InChI=1S/C13H17N3O3S/c14-20(18,19)12-3-1-9(2-4-12)13(17)16-7-10-5-15-6-11(10)8-16/h1-4,10-11,15H,5-8H2,(H2,14,18,19)/t10-,11+. The zero-order valence-corrected chi connectivity index (χ0v) is 11.8. The molecule has 1 aromatic rings. The van der Waals surface area contributed by atoms with Gasteiger partial charge in [-0.25, -0.2) is 13.6 Å². The minimum Gasteiger partial charge on any atom is -0.338 e. The molecule has 2 atom stereocenters. The first kappa shape index (κ1) is 13.5. The highest BCUT2D eigenvalue weighted by Gasteiger charge is 2.38. The number of nitrogens with one attached hydrogen (secondary N) is 1. The maximum Gasteiger partial charge on any atom is 0.253 e. The highest BCUT2D eigenvalue weighted by Crippen LogP contribution is 2.27. The zero-order valence-electron chi connectivity index (χ0n) is 11.0. The second kappa shape index (κ2) is 4.83. The predicted octanol–water partition coefficient (Wildman–Crippen LogP) is -0.375. The Morgan fingerprint density at radius 3 is 2.20 bits per heavy atom. The van der Waals surface area contributed by atoms with Crippen LogP contribution in [0.5, 0.6) is 0 Å². The van der Waals surface area contributed by atoms with Gasteiger partial charge in [-0.3, -0.25) is 4.79 Å². The molecule has 0 aliphatic carbocycles. The zero-order chi connectivity index (χ0) is 14.3. The minimum absolute atomic E-state index is 0.0246. The number of sulfonamides is 1. The highest BCUT2D eigenvalue weighted by molar-refractivity contribution is 7.89. The summed E-state index contributed by atoms with van der Waals surface area (Å²) in [5.74, 6) is 1.05. The van der Waals surface area contributed by atoms with Crippen molar-refractivity contribution >= 4 is 15.9 Å². The van der Waals surface area contributed by atoms with Gasteiger partial charge in [0, 0.05) is 31.7 Å². The molecular formula is C13H17N3O3S. The number of primary sulfonamides is 1. The third-order valence-corrected chi connectivity index (χ3v) is 5.04. The Bertz CT molecular complexity index is 615. The van der Waals surface area contributed by atoms with Crippen LogP contribution in [0.25, 0.3) is 0 Å². The number of rotatable bonds is 2. The van der Waals surface area contributed by atoms with Crippen LogP contribution in [0.3, 0.4) is 0 Å². The molecule has 2 aliphatic rings. The largest absolute Gasteiger partial charge is 0.338 e. The summed E-state index contributed by atoms with van der Waals surface area (Å²) in [6.45, 7) is 3.48. The number of benzene rings is 1. The van der Waals surface area contributed by atoms with Crippen molar-refractivity contribution in [1.82, 2.24) is 10.2 Å². The maximum atomic E-state index is 12.4. The number of likely N-dealkylation sites (tertiary alicyclic amines) is 1. The molecule has 7 heteroatoms. The van der Waals surface area contributed by atoms with Crippen LogP contribution in [0, 0.1) is 11.8 Å². The summed E-state index contributed by atoms with van der Waals surface area (Å²) in [6, 6.07) is 5.80. The monoisotopic (exact) mass is 295 g/mol. The van der Waals surface area contributed by atoms with Gasteiger partial charge in [-0.2, -0.15) is 0 Å². The number of amides is 1. The fourth-order valence-corrected chi connectivity index (χ4v) is 3.51. The Balaban J connectivity index is 1.75. The van der Waals surface area contributed by atoms with Crippen LogP contribution in [-0.4, -0.2) is 45.4 Å². The number of carbonyl (C=O) groups excluding carboxylic acids is 1. The summed E-state index contributed by atoms with van der Waals surface area (Å²) < 4.78 is 22.4. The number of hydrogen-bond donors (Lipinski definition) is 2. The minimum atomic E-state index is -3.71. The third kappa shape index (κ3) is 2.44. The van der Waals surface area contributed by atoms with Gasteiger partial charge in [-0.15, -0.1) is 0 Å². The van der Waals surface area contributed by atoms with Gasteiger partial charge in [0.15, 0.2) is 0 Å². The molecule has 2 heterocycles. The molecule has 3 rings (SSSR count). The molecule has 0 radical (unpaired) electrons. The van der Waals surface area contributed by atoms with Gasteiger partial charge in [0.1, 0.15) is 0 Å². The first-order valence-electron chi connectivity index (χ1n) is 6.58. The second-order valence-corrected chi connectivity index (χ2v) is 7.02. The number of nitrogens with zero attached hydrogens (tertiary/aromatic N) is 1. The van der Waals surface area contributed by atoms with Gasteiger partial charge in [-0.05, 0) is 36.1 Å². The fraction of sp³-hybridized carbons (Fsp3) is 0.462. The first-order chi connectivity index (χ1) is 9.45. The van der Waals surface area contributed by atoms with E-state index in [2.05, 4.69) is 5.32 Å². The van der Waals surface area contributed by atoms with E-state index in [4.69, 9.17) is 5.14 Å². The normalized spacial score (nSPS) is 25.8. The molecular weight excluding hydrogens is 278 g/mol. The van der Waals surface area contributed by atoms with Crippen LogP contribution in [0.4, 0.5) is 0 Å². The molecule has 0 spiro atoms. The van der Waals surface area contributed by atoms with E-state index >= 15 is 0 Å². The van der Waals surface area contributed by atoms with Crippen molar-refractivity contribution in [2.24, 2.45) is 17.0 Å². The molecule has 1 amide bonds. The second-order valence-electron chi connectivity index (χ2n) is 5.46. The Hall–Kier alpha value is -1.44. The highest BCUT2D eigenvalue weighted by atomic mass is 32.2. The third-order valence-electron chi connectivity index (χ3n) is 4.11. The maximum absolute atomic E-state index is 12.4. The lowest BCUT2D eigenvalue weighted by Crippen LogP contribution is -2.31. The van der Waals surface area contributed by atoms with Crippen molar-refractivity contribution in [2.75, 3.05) is 26.2 Å². The molecule has 0 unspecified atom stereocenters. The van der Waals surface area contributed by atoms with Crippen molar-refractivity contribution < 1.29 is 13.2 Å². The van der Waals surface area contributed by atoms with Crippen molar-refractivity contribution in [3.8, 4) is 0 Å². The molecule has 2 saturated heterocycles. The van der Waals surface area contributed by atoms with E-state index < -0.39 is 10.0 Å². The Labute approximate surface area is 118 Å². The van der Waals surface area contributed by atoms with Crippen LogP contribution >= 0.6 is 0 Å². The lowest BCUT2D eigenvalue weighted by Gasteiger charge is -2.17. The number of fused-ring (bicyclic) bond motifs is 1. The number of hydrogen-bond acceptors (Lipinski definition) is 4. The van der Waals surface area contributed by atoms with Crippen molar-refractivity contribution in [3.63, 3.8) is 0 Å². The average molecular weight is 295 g/mol. The van der Waals surface area contributed by atoms with Crippen LogP contribution in [0.1, 0.15) is 10.4 Å². The van der Waals surface area contributed by atoms with Crippen LogP contribution in [0.15, 0.2) is 29.2 Å². The lowest BCUT2D eigenvalue weighted by atomic mass is 10.0. The number of carbonyl (C=O) groups is 1. The molecule has 6 nitrogen and oxygen atoms in total. The summed E-state index contributed by atoms with van der Waals surface area (Å²) >= 11 is 0. The molecule has 0 saturated carbocycles. The lowest BCUT2D eigenvalue weighted by molar-refractivity contribution is 0.0781. The van der Waals surface area contributed by atoms with Gasteiger partial charge in [0.25, 0.3) is 5.91 Å². The molecule has 20 heavy (non-hydrogen) atoms. The quantitative estimate of drug-likeness (QED) is 0.778. The van der Waals surface area contributed by atoms with Gasteiger partial charge >= 0.3 is 0 Å². The summed E-state index contributed by atoms with van der Waals surface area (Å²) in [5.41, 5.74) is 0.505. The van der Waals surface area contributed by atoms with Gasteiger partial charge in [-0.1, -0.05) is 0 Å². The van der Waals surface area contributed by atoms with E-state index in [0.29, 0.717) is 17.4 Å². The van der Waals surface area contributed by atoms with E-state index in [-0.39, 0.29) is 10.8 Å². The smallest absolute Gasteiger partial charge is 0.253 e.